The number of sulfonamides is 1. The molecule has 0 N–H and O–H groups in total. The molecular formula is C11H11FN2O4S. The number of hydrogen-bond acceptors (Lipinski definition) is 5. The maximum atomic E-state index is 14.0. The van der Waals surface area contributed by atoms with Gasteiger partial charge in [0.2, 0.25) is 0 Å². The van der Waals surface area contributed by atoms with Gasteiger partial charge in [0.1, 0.15) is 11.2 Å². The van der Waals surface area contributed by atoms with Crippen molar-refractivity contribution in [1.29, 1.82) is 0 Å². The standard InChI is InChI=1S/C11H11FN2O4S/c1-2-18-11(15)10(12)14-7-13-19(16,17)9-6-4-3-5-8(9)14/h3-7,10H,2H2,1H3. The summed E-state index contributed by atoms with van der Waals surface area (Å²) in [5.41, 5.74) is 0.0538. The Hall–Kier alpha value is -1.96. The summed E-state index contributed by atoms with van der Waals surface area (Å²) in [6.07, 6.45) is -1.36. The number of benzene rings is 1. The zero-order valence-electron chi connectivity index (χ0n) is 9.98. The molecule has 0 aromatic heterocycles. The van der Waals surface area contributed by atoms with E-state index < -0.39 is 22.3 Å². The van der Waals surface area contributed by atoms with Crippen LogP contribution in [0.3, 0.4) is 0 Å². The van der Waals surface area contributed by atoms with Crippen molar-refractivity contribution in [1.82, 2.24) is 0 Å². The van der Waals surface area contributed by atoms with Crippen LogP contribution in [0.4, 0.5) is 10.1 Å². The van der Waals surface area contributed by atoms with Gasteiger partial charge in [0, 0.05) is 0 Å². The van der Waals surface area contributed by atoms with Gasteiger partial charge in [0.15, 0.2) is 0 Å². The lowest BCUT2D eigenvalue weighted by atomic mass is 10.3. The van der Waals surface area contributed by atoms with Gasteiger partial charge < -0.3 is 4.74 Å². The number of fused-ring (bicyclic) bond motifs is 1. The second-order valence-electron chi connectivity index (χ2n) is 3.66. The predicted octanol–water partition coefficient (Wildman–Crippen LogP) is 1.08. The van der Waals surface area contributed by atoms with Gasteiger partial charge in [-0.25, -0.2) is 9.18 Å². The number of halogens is 1. The zero-order chi connectivity index (χ0) is 14.0. The van der Waals surface area contributed by atoms with Gasteiger partial charge in [-0.2, -0.15) is 8.42 Å². The van der Waals surface area contributed by atoms with Crippen LogP contribution in [0.1, 0.15) is 6.92 Å². The Morgan fingerprint density at radius 2 is 2.16 bits per heavy atom. The van der Waals surface area contributed by atoms with Gasteiger partial charge in [-0.15, -0.1) is 4.40 Å². The number of esters is 1. The van der Waals surface area contributed by atoms with E-state index in [1.807, 2.05) is 0 Å². The van der Waals surface area contributed by atoms with E-state index in [4.69, 9.17) is 0 Å². The monoisotopic (exact) mass is 286 g/mol. The van der Waals surface area contributed by atoms with E-state index >= 15 is 0 Å². The molecule has 6 nitrogen and oxygen atoms in total. The number of carbonyl (C=O) groups excluding carboxylic acids is 1. The molecular weight excluding hydrogens is 275 g/mol. The molecule has 1 unspecified atom stereocenters. The number of hydrogen-bond donors (Lipinski definition) is 0. The van der Waals surface area contributed by atoms with Crippen LogP contribution in [0.5, 0.6) is 0 Å². The minimum atomic E-state index is -3.84. The lowest BCUT2D eigenvalue weighted by molar-refractivity contribution is -0.148. The Morgan fingerprint density at radius 1 is 1.47 bits per heavy atom. The van der Waals surface area contributed by atoms with Crippen molar-refractivity contribution >= 4 is 28.0 Å². The van der Waals surface area contributed by atoms with Gasteiger partial charge in [-0.05, 0) is 19.1 Å². The molecule has 0 bridgehead atoms. The first-order valence-corrected chi connectivity index (χ1v) is 6.90. The van der Waals surface area contributed by atoms with E-state index in [9.17, 15) is 17.6 Å². The van der Waals surface area contributed by atoms with Crippen LogP contribution >= 0.6 is 0 Å². The molecule has 2 rings (SSSR count). The van der Waals surface area contributed by atoms with E-state index in [0.717, 1.165) is 11.2 Å². The Kier molecular flexibility index (Phi) is 3.52. The maximum absolute atomic E-state index is 14.0. The Morgan fingerprint density at radius 3 is 2.84 bits per heavy atom. The molecule has 1 aromatic rings. The second kappa shape index (κ2) is 4.96. The summed E-state index contributed by atoms with van der Waals surface area (Å²) < 4.78 is 45.1. The fraction of sp³-hybridized carbons (Fsp3) is 0.273. The average molecular weight is 286 g/mol. The van der Waals surface area contributed by atoms with Gasteiger partial charge in [-0.1, -0.05) is 12.1 Å². The van der Waals surface area contributed by atoms with Crippen LogP contribution in [0.2, 0.25) is 0 Å². The predicted molar refractivity (Wildman–Crippen MR) is 66.1 cm³/mol. The molecule has 19 heavy (non-hydrogen) atoms. The third-order valence-electron chi connectivity index (χ3n) is 2.46. The molecule has 8 heteroatoms. The van der Waals surface area contributed by atoms with Gasteiger partial charge in [0.05, 0.1) is 12.3 Å². The van der Waals surface area contributed by atoms with Crippen molar-refractivity contribution in [3.05, 3.63) is 24.3 Å². The molecule has 102 valence electrons. The topological polar surface area (TPSA) is 76.0 Å². The highest BCUT2D eigenvalue weighted by Crippen LogP contribution is 2.30. The molecule has 0 fully saturated rings. The highest BCUT2D eigenvalue weighted by Gasteiger charge is 2.33. The molecule has 0 radical (unpaired) electrons. The lowest BCUT2D eigenvalue weighted by Gasteiger charge is -2.26. The first-order valence-electron chi connectivity index (χ1n) is 5.46. The van der Waals surface area contributed by atoms with Crippen LogP contribution in [-0.4, -0.2) is 33.6 Å². The normalized spacial score (nSPS) is 17.7. The van der Waals surface area contributed by atoms with Gasteiger partial charge in [-0.3, -0.25) is 4.90 Å². The number of carbonyl (C=O) groups is 1. The van der Waals surface area contributed by atoms with E-state index in [0.29, 0.717) is 0 Å². The molecule has 0 amide bonds. The summed E-state index contributed by atoms with van der Waals surface area (Å²) in [6.45, 7) is 1.58. The summed E-state index contributed by atoms with van der Waals surface area (Å²) in [4.78, 5) is 12.0. The zero-order valence-corrected chi connectivity index (χ0v) is 10.8. The van der Waals surface area contributed by atoms with Crippen molar-refractivity contribution in [3.8, 4) is 0 Å². The third-order valence-corrected chi connectivity index (χ3v) is 3.73. The number of nitrogens with zero attached hydrogens (tertiary/aromatic N) is 2. The first-order chi connectivity index (χ1) is 8.97. The summed E-state index contributed by atoms with van der Waals surface area (Å²) in [6, 6.07) is 5.72. The van der Waals surface area contributed by atoms with E-state index in [-0.39, 0.29) is 17.2 Å². The summed E-state index contributed by atoms with van der Waals surface area (Å²) in [7, 11) is -3.84. The molecule has 1 aliphatic rings. The van der Waals surface area contributed by atoms with Crippen LogP contribution in [0.25, 0.3) is 0 Å². The molecule has 0 saturated heterocycles. The van der Waals surface area contributed by atoms with Crippen LogP contribution in [0.15, 0.2) is 33.6 Å². The molecule has 0 saturated carbocycles. The minimum absolute atomic E-state index is 0.0319. The largest absolute Gasteiger partial charge is 0.462 e. The summed E-state index contributed by atoms with van der Waals surface area (Å²) >= 11 is 0. The maximum Gasteiger partial charge on any atom is 0.362 e. The summed E-state index contributed by atoms with van der Waals surface area (Å²) in [5, 5.41) is 0. The minimum Gasteiger partial charge on any atom is -0.462 e. The fourth-order valence-electron chi connectivity index (χ4n) is 1.63. The Balaban J connectivity index is 2.43. The number of anilines is 1. The third kappa shape index (κ3) is 2.43. The van der Waals surface area contributed by atoms with E-state index in [2.05, 4.69) is 9.13 Å². The Labute approximate surface area is 109 Å². The van der Waals surface area contributed by atoms with Crippen molar-refractivity contribution < 1.29 is 22.3 Å². The quantitative estimate of drug-likeness (QED) is 0.614. The van der Waals surface area contributed by atoms with E-state index in [1.54, 1.807) is 13.0 Å². The molecule has 1 heterocycles. The van der Waals surface area contributed by atoms with Crippen molar-refractivity contribution in [3.63, 3.8) is 0 Å². The Bertz CT molecular complexity index is 629. The number of ether oxygens (including phenoxy) is 1. The van der Waals surface area contributed by atoms with Crippen molar-refractivity contribution in [2.75, 3.05) is 11.5 Å². The van der Waals surface area contributed by atoms with Crippen LogP contribution in [0, 0.1) is 0 Å². The molecule has 0 aliphatic carbocycles. The van der Waals surface area contributed by atoms with Crippen LogP contribution in [-0.2, 0) is 19.6 Å². The fourth-order valence-corrected chi connectivity index (χ4v) is 2.65. The highest BCUT2D eigenvalue weighted by molar-refractivity contribution is 7.90. The summed E-state index contributed by atoms with van der Waals surface area (Å²) in [5.74, 6) is -1.09. The molecule has 1 aromatic carbocycles. The van der Waals surface area contributed by atoms with Gasteiger partial charge in [0.25, 0.3) is 16.3 Å². The molecule has 0 spiro atoms. The molecule has 1 atom stereocenters. The second-order valence-corrected chi connectivity index (χ2v) is 5.26. The van der Waals surface area contributed by atoms with Crippen LogP contribution < -0.4 is 4.90 Å². The SMILES string of the molecule is CCOC(=O)C(F)N1C=NS(=O)(=O)c2ccccc21. The van der Waals surface area contributed by atoms with Crippen molar-refractivity contribution in [2.45, 2.75) is 18.1 Å². The highest BCUT2D eigenvalue weighted by atomic mass is 32.2. The molecule has 1 aliphatic heterocycles. The van der Waals surface area contributed by atoms with Gasteiger partial charge >= 0.3 is 5.97 Å². The van der Waals surface area contributed by atoms with Crippen molar-refractivity contribution in [2.24, 2.45) is 4.40 Å². The lowest BCUT2D eigenvalue weighted by Crippen LogP contribution is -2.40. The van der Waals surface area contributed by atoms with E-state index in [1.165, 1.54) is 18.2 Å². The average Bonchev–Trinajstić information content (AvgIpc) is 2.39. The number of alkyl halides is 1. The smallest absolute Gasteiger partial charge is 0.362 e. The number of rotatable bonds is 3. The first kappa shape index (κ1) is 13.5. The number of para-hydroxylation sites is 1.